The van der Waals surface area contributed by atoms with Gasteiger partial charge in [0, 0.05) is 21.9 Å². The molecule has 2 heterocycles. The molecule has 0 saturated heterocycles. The number of fused-ring (bicyclic) bond motifs is 1. The molecule has 1 amide bonds. The number of thiophene rings is 1. The Bertz CT molecular complexity index is 984. The third-order valence-corrected chi connectivity index (χ3v) is 6.62. The number of carbonyl (C=O) groups is 1. The molecule has 3 aromatic rings. The number of carbonyl (C=O) groups excluding carboxylic acids is 1. The average molecular weight is 426 g/mol. The quantitative estimate of drug-likeness (QED) is 0.533. The topological polar surface area (TPSA) is 38.8 Å². The van der Waals surface area contributed by atoms with Gasteiger partial charge < -0.3 is 14.4 Å². The van der Waals surface area contributed by atoms with Crippen molar-refractivity contribution in [1.29, 1.82) is 0 Å². The maximum atomic E-state index is 12.9. The minimum absolute atomic E-state index is 0.123. The number of benzene rings is 2. The second kappa shape index (κ2) is 8.93. The van der Waals surface area contributed by atoms with E-state index in [-0.39, 0.29) is 5.91 Å². The lowest BCUT2D eigenvalue weighted by Crippen LogP contribution is -2.33. The molecule has 1 aliphatic heterocycles. The van der Waals surface area contributed by atoms with E-state index in [0.29, 0.717) is 31.9 Å². The lowest BCUT2D eigenvalue weighted by atomic mass is 10.0. The molecule has 150 valence electrons. The highest BCUT2D eigenvalue weighted by atomic mass is 32.2. The lowest BCUT2D eigenvalue weighted by molar-refractivity contribution is -0.131. The normalized spacial score (nSPS) is 13.4. The molecule has 0 spiro atoms. The number of methoxy groups -OCH3 is 1. The highest BCUT2D eigenvalue weighted by Gasteiger charge is 2.23. The Morgan fingerprint density at radius 1 is 1.21 bits per heavy atom. The summed E-state index contributed by atoms with van der Waals surface area (Å²) in [4.78, 5) is 17.0. The summed E-state index contributed by atoms with van der Waals surface area (Å²) in [7, 11) is 1.66. The van der Waals surface area contributed by atoms with Gasteiger partial charge in [-0.15, -0.1) is 23.1 Å². The van der Waals surface area contributed by atoms with Crippen molar-refractivity contribution in [3.8, 4) is 22.6 Å². The van der Waals surface area contributed by atoms with E-state index in [1.807, 2.05) is 28.5 Å². The van der Waals surface area contributed by atoms with E-state index in [2.05, 4.69) is 36.6 Å². The van der Waals surface area contributed by atoms with Gasteiger partial charge in [0.1, 0.15) is 6.61 Å². The Morgan fingerprint density at radius 3 is 2.72 bits per heavy atom. The summed E-state index contributed by atoms with van der Waals surface area (Å²) in [5.74, 6) is 1.57. The zero-order valence-electron chi connectivity index (χ0n) is 16.5. The van der Waals surface area contributed by atoms with Crippen LogP contribution in [0.25, 0.3) is 11.1 Å². The molecule has 0 fully saturated rings. The number of hydrogen-bond acceptors (Lipinski definition) is 5. The fourth-order valence-electron chi connectivity index (χ4n) is 3.47. The molecule has 6 heteroatoms. The second-order valence-corrected chi connectivity index (χ2v) is 8.73. The minimum Gasteiger partial charge on any atom is -0.493 e. The standard InChI is InChI=1S/C23H23NO3S2/c1-26-21-13-17(16-5-7-19(28-2)8-6-16)12-18-15-24(9-10-27-23(18)21)22(25)14-20-4-3-11-29-20/h3-8,11-13H,9-10,14-15H2,1-2H3. The smallest absolute Gasteiger partial charge is 0.228 e. The van der Waals surface area contributed by atoms with E-state index >= 15 is 0 Å². The average Bonchev–Trinajstić information content (AvgIpc) is 3.16. The molecular formula is C23H23NO3S2. The van der Waals surface area contributed by atoms with Crippen LogP contribution in [0.15, 0.2) is 58.8 Å². The number of rotatable bonds is 5. The van der Waals surface area contributed by atoms with Gasteiger partial charge in [-0.05, 0) is 53.1 Å². The molecule has 0 atom stereocenters. The summed E-state index contributed by atoms with van der Waals surface area (Å²) in [6.07, 6.45) is 2.50. The maximum Gasteiger partial charge on any atom is 0.228 e. The van der Waals surface area contributed by atoms with Crippen molar-refractivity contribution >= 4 is 29.0 Å². The second-order valence-electron chi connectivity index (χ2n) is 6.82. The fourth-order valence-corrected chi connectivity index (χ4v) is 4.58. The van der Waals surface area contributed by atoms with Crippen molar-refractivity contribution in [2.75, 3.05) is 26.5 Å². The van der Waals surface area contributed by atoms with Gasteiger partial charge in [0.05, 0.1) is 20.1 Å². The number of hydrogen-bond donors (Lipinski definition) is 0. The van der Waals surface area contributed by atoms with Crippen LogP contribution in [-0.4, -0.2) is 37.3 Å². The Morgan fingerprint density at radius 2 is 2.03 bits per heavy atom. The van der Waals surface area contributed by atoms with E-state index in [9.17, 15) is 4.79 Å². The van der Waals surface area contributed by atoms with E-state index in [1.165, 1.54) is 4.90 Å². The molecule has 0 aliphatic carbocycles. The minimum atomic E-state index is 0.123. The molecule has 0 saturated carbocycles. The molecule has 2 aromatic carbocycles. The summed E-state index contributed by atoms with van der Waals surface area (Å²) < 4.78 is 11.6. The summed E-state index contributed by atoms with van der Waals surface area (Å²) in [6, 6.07) is 16.6. The third-order valence-electron chi connectivity index (χ3n) is 5.00. The number of amides is 1. The third kappa shape index (κ3) is 4.43. The highest BCUT2D eigenvalue weighted by molar-refractivity contribution is 7.98. The van der Waals surface area contributed by atoms with Crippen molar-refractivity contribution in [3.63, 3.8) is 0 Å². The fraction of sp³-hybridized carbons (Fsp3) is 0.261. The zero-order chi connectivity index (χ0) is 20.2. The van der Waals surface area contributed by atoms with Crippen molar-refractivity contribution in [2.24, 2.45) is 0 Å². The molecule has 1 aromatic heterocycles. The van der Waals surface area contributed by atoms with Crippen LogP contribution in [-0.2, 0) is 17.8 Å². The first-order valence-corrected chi connectivity index (χ1v) is 11.6. The van der Waals surface area contributed by atoms with Crippen molar-refractivity contribution in [1.82, 2.24) is 4.90 Å². The lowest BCUT2D eigenvalue weighted by Gasteiger charge is -2.20. The molecular weight excluding hydrogens is 402 g/mol. The van der Waals surface area contributed by atoms with Crippen LogP contribution >= 0.6 is 23.1 Å². The van der Waals surface area contributed by atoms with E-state index in [1.54, 1.807) is 30.2 Å². The molecule has 0 unspecified atom stereocenters. The first kappa shape index (κ1) is 19.9. The van der Waals surface area contributed by atoms with Crippen LogP contribution in [0.5, 0.6) is 11.5 Å². The van der Waals surface area contributed by atoms with Crippen LogP contribution < -0.4 is 9.47 Å². The van der Waals surface area contributed by atoms with Crippen LogP contribution in [0.3, 0.4) is 0 Å². The van der Waals surface area contributed by atoms with Crippen molar-refractivity contribution in [3.05, 3.63) is 64.4 Å². The molecule has 29 heavy (non-hydrogen) atoms. The maximum absolute atomic E-state index is 12.9. The summed E-state index contributed by atoms with van der Waals surface area (Å²) >= 11 is 3.34. The highest BCUT2D eigenvalue weighted by Crippen LogP contribution is 2.38. The SMILES string of the molecule is COc1cc(-c2ccc(SC)cc2)cc2c1OCCN(C(=O)Cc1cccs1)C2. The van der Waals surface area contributed by atoms with Gasteiger partial charge >= 0.3 is 0 Å². The van der Waals surface area contributed by atoms with Crippen molar-refractivity contribution < 1.29 is 14.3 Å². The monoisotopic (exact) mass is 425 g/mol. The van der Waals surface area contributed by atoms with Crippen LogP contribution in [0.2, 0.25) is 0 Å². The van der Waals surface area contributed by atoms with Gasteiger partial charge in [-0.1, -0.05) is 18.2 Å². The van der Waals surface area contributed by atoms with Crippen LogP contribution in [0, 0.1) is 0 Å². The van der Waals surface area contributed by atoms with Gasteiger partial charge in [0.2, 0.25) is 5.91 Å². The predicted molar refractivity (Wildman–Crippen MR) is 119 cm³/mol. The van der Waals surface area contributed by atoms with Gasteiger partial charge in [0.25, 0.3) is 0 Å². The summed E-state index contributed by atoms with van der Waals surface area (Å²) in [6.45, 7) is 1.55. The molecule has 0 bridgehead atoms. The number of nitrogens with zero attached hydrogens (tertiary/aromatic N) is 1. The molecule has 4 rings (SSSR count). The Kier molecular flexibility index (Phi) is 6.11. The van der Waals surface area contributed by atoms with Gasteiger partial charge in [0.15, 0.2) is 11.5 Å². The van der Waals surface area contributed by atoms with Crippen LogP contribution in [0.1, 0.15) is 10.4 Å². The van der Waals surface area contributed by atoms with Gasteiger partial charge in [-0.25, -0.2) is 0 Å². The Balaban J connectivity index is 1.64. The Hall–Kier alpha value is -2.44. The number of ether oxygens (including phenoxy) is 2. The zero-order valence-corrected chi connectivity index (χ0v) is 18.1. The van der Waals surface area contributed by atoms with Gasteiger partial charge in [-0.2, -0.15) is 0 Å². The molecule has 0 N–H and O–H groups in total. The van der Waals surface area contributed by atoms with Gasteiger partial charge in [-0.3, -0.25) is 4.79 Å². The van der Waals surface area contributed by atoms with Crippen LogP contribution in [0.4, 0.5) is 0 Å². The first-order valence-electron chi connectivity index (χ1n) is 9.46. The largest absolute Gasteiger partial charge is 0.493 e. The summed E-state index contributed by atoms with van der Waals surface area (Å²) in [5.41, 5.74) is 3.15. The molecule has 1 aliphatic rings. The molecule has 0 radical (unpaired) electrons. The first-order chi connectivity index (χ1) is 14.2. The predicted octanol–water partition coefficient (Wildman–Crippen LogP) is 5.11. The van der Waals surface area contributed by atoms with Crippen molar-refractivity contribution in [2.45, 2.75) is 17.9 Å². The molecule has 4 nitrogen and oxygen atoms in total. The summed E-state index contributed by atoms with van der Waals surface area (Å²) in [5, 5.41) is 2.00. The van der Waals surface area contributed by atoms with E-state index in [0.717, 1.165) is 27.3 Å². The Labute approximate surface area is 179 Å². The van der Waals surface area contributed by atoms with E-state index < -0.39 is 0 Å². The van der Waals surface area contributed by atoms with E-state index in [4.69, 9.17) is 9.47 Å². The number of thioether (sulfide) groups is 1.